The van der Waals surface area contributed by atoms with Crippen LogP contribution in [0.25, 0.3) is 0 Å². The fourth-order valence-corrected chi connectivity index (χ4v) is 3.91. The van der Waals surface area contributed by atoms with Gasteiger partial charge in [-0.25, -0.2) is 0 Å². The van der Waals surface area contributed by atoms with Crippen molar-refractivity contribution in [3.63, 3.8) is 0 Å². The minimum absolute atomic E-state index is 0.0329. The summed E-state index contributed by atoms with van der Waals surface area (Å²) >= 11 is 0. The van der Waals surface area contributed by atoms with Crippen LogP contribution in [-0.4, -0.2) is 18.9 Å². The Morgan fingerprint density at radius 1 is 0.931 bits per heavy atom. The minimum Gasteiger partial charge on any atom is -0.496 e. The van der Waals surface area contributed by atoms with Crippen molar-refractivity contribution in [3.05, 3.63) is 59.2 Å². The summed E-state index contributed by atoms with van der Waals surface area (Å²) in [5, 5.41) is 6.09. The van der Waals surface area contributed by atoms with Gasteiger partial charge in [0.1, 0.15) is 5.75 Å². The van der Waals surface area contributed by atoms with E-state index < -0.39 is 0 Å². The number of anilines is 1. The van der Waals surface area contributed by atoms with Gasteiger partial charge in [0, 0.05) is 29.6 Å². The van der Waals surface area contributed by atoms with Gasteiger partial charge in [0.05, 0.1) is 7.11 Å². The van der Waals surface area contributed by atoms with Crippen molar-refractivity contribution in [2.24, 2.45) is 11.8 Å². The molecule has 0 atom stereocenters. The topological polar surface area (TPSA) is 67.4 Å². The number of hydrogen-bond donors (Lipinski definition) is 2. The van der Waals surface area contributed by atoms with E-state index in [1.165, 1.54) is 5.56 Å². The van der Waals surface area contributed by atoms with Crippen molar-refractivity contribution >= 4 is 17.5 Å². The SMILES string of the molecule is COc1ccccc1CNC(=O)C1CCC(C(=O)Nc2cccc(C)c2C)CC1. The second kappa shape index (κ2) is 9.59. The third kappa shape index (κ3) is 5.17. The lowest BCUT2D eigenvalue weighted by Gasteiger charge is -2.27. The summed E-state index contributed by atoms with van der Waals surface area (Å²) in [6, 6.07) is 13.6. The van der Waals surface area contributed by atoms with E-state index in [2.05, 4.69) is 10.6 Å². The average Bonchev–Trinajstić information content (AvgIpc) is 2.75. The van der Waals surface area contributed by atoms with E-state index >= 15 is 0 Å². The highest BCUT2D eigenvalue weighted by Gasteiger charge is 2.30. The normalized spacial score (nSPS) is 18.7. The molecule has 3 rings (SSSR count). The number of carbonyl (C=O) groups is 2. The molecule has 2 amide bonds. The van der Waals surface area contributed by atoms with Crippen LogP contribution < -0.4 is 15.4 Å². The Labute approximate surface area is 172 Å². The fraction of sp³-hybridized carbons (Fsp3) is 0.417. The Bertz CT molecular complexity index is 870. The smallest absolute Gasteiger partial charge is 0.227 e. The number of hydrogen-bond acceptors (Lipinski definition) is 3. The van der Waals surface area contributed by atoms with Crippen LogP contribution in [0.5, 0.6) is 5.75 Å². The molecule has 0 unspecified atom stereocenters. The summed E-state index contributed by atoms with van der Waals surface area (Å²) in [6.07, 6.45) is 2.96. The second-order valence-electron chi connectivity index (χ2n) is 7.81. The first-order chi connectivity index (χ1) is 14.0. The summed E-state index contributed by atoms with van der Waals surface area (Å²) in [4.78, 5) is 25.2. The van der Waals surface area contributed by atoms with Crippen molar-refractivity contribution in [1.29, 1.82) is 0 Å². The maximum Gasteiger partial charge on any atom is 0.227 e. The van der Waals surface area contributed by atoms with E-state index in [0.717, 1.165) is 48.2 Å². The highest BCUT2D eigenvalue weighted by Crippen LogP contribution is 2.30. The van der Waals surface area contributed by atoms with E-state index in [1.54, 1.807) is 7.11 Å². The van der Waals surface area contributed by atoms with Crippen molar-refractivity contribution in [1.82, 2.24) is 5.32 Å². The van der Waals surface area contributed by atoms with Gasteiger partial charge in [-0.05, 0) is 62.8 Å². The average molecular weight is 395 g/mol. The molecule has 2 aromatic carbocycles. The van der Waals surface area contributed by atoms with E-state index in [0.29, 0.717) is 6.54 Å². The van der Waals surface area contributed by atoms with Crippen LogP contribution in [0.1, 0.15) is 42.4 Å². The van der Waals surface area contributed by atoms with Crippen LogP contribution in [0.2, 0.25) is 0 Å². The van der Waals surface area contributed by atoms with Crippen molar-refractivity contribution < 1.29 is 14.3 Å². The second-order valence-corrected chi connectivity index (χ2v) is 7.81. The Morgan fingerprint density at radius 2 is 1.59 bits per heavy atom. The van der Waals surface area contributed by atoms with Crippen molar-refractivity contribution in [3.8, 4) is 5.75 Å². The van der Waals surface area contributed by atoms with Gasteiger partial charge in [-0.3, -0.25) is 9.59 Å². The predicted octanol–water partition coefficient (Wildman–Crippen LogP) is 4.37. The predicted molar refractivity (Wildman–Crippen MR) is 115 cm³/mol. The van der Waals surface area contributed by atoms with Gasteiger partial charge in [0.25, 0.3) is 0 Å². The lowest BCUT2D eigenvalue weighted by atomic mass is 9.81. The van der Waals surface area contributed by atoms with Crippen molar-refractivity contribution in [2.45, 2.75) is 46.1 Å². The number of nitrogens with one attached hydrogen (secondary N) is 2. The molecule has 5 nitrogen and oxygen atoms in total. The van der Waals surface area contributed by atoms with E-state index in [1.807, 2.05) is 56.3 Å². The maximum atomic E-state index is 12.7. The zero-order valence-corrected chi connectivity index (χ0v) is 17.5. The zero-order valence-electron chi connectivity index (χ0n) is 17.5. The molecule has 154 valence electrons. The third-order valence-corrected chi connectivity index (χ3v) is 5.98. The highest BCUT2D eigenvalue weighted by atomic mass is 16.5. The van der Waals surface area contributed by atoms with Gasteiger partial charge in [-0.2, -0.15) is 0 Å². The number of methoxy groups -OCH3 is 1. The van der Waals surface area contributed by atoms with Crippen LogP contribution in [-0.2, 0) is 16.1 Å². The van der Waals surface area contributed by atoms with E-state index in [-0.39, 0.29) is 23.7 Å². The molecule has 1 aliphatic rings. The molecule has 0 aliphatic heterocycles. The quantitative estimate of drug-likeness (QED) is 0.764. The number of ether oxygens (including phenoxy) is 1. The first kappa shape index (κ1) is 20.9. The monoisotopic (exact) mass is 394 g/mol. The van der Waals surface area contributed by atoms with Gasteiger partial charge in [0.15, 0.2) is 0 Å². The number of aryl methyl sites for hydroxylation is 1. The van der Waals surface area contributed by atoms with Gasteiger partial charge in [0.2, 0.25) is 11.8 Å². The summed E-state index contributed by atoms with van der Waals surface area (Å²) < 4.78 is 5.33. The molecular weight excluding hydrogens is 364 g/mol. The first-order valence-electron chi connectivity index (χ1n) is 10.3. The highest BCUT2D eigenvalue weighted by molar-refractivity contribution is 5.93. The number of benzene rings is 2. The molecule has 1 aliphatic carbocycles. The summed E-state index contributed by atoms with van der Waals surface area (Å²) in [7, 11) is 1.63. The Hall–Kier alpha value is -2.82. The summed E-state index contributed by atoms with van der Waals surface area (Å²) in [5.41, 5.74) is 4.11. The van der Waals surface area contributed by atoms with Crippen LogP contribution in [0.15, 0.2) is 42.5 Å². The van der Waals surface area contributed by atoms with Crippen LogP contribution in [0.3, 0.4) is 0 Å². The van der Waals surface area contributed by atoms with E-state index in [4.69, 9.17) is 4.74 Å². The Morgan fingerprint density at radius 3 is 2.28 bits per heavy atom. The van der Waals surface area contributed by atoms with Gasteiger partial charge in [-0.15, -0.1) is 0 Å². The molecule has 0 radical (unpaired) electrons. The summed E-state index contributed by atoms with van der Waals surface area (Å²) in [5.74, 6) is 0.832. The molecule has 0 aromatic heterocycles. The molecule has 0 heterocycles. The largest absolute Gasteiger partial charge is 0.496 e. The molecular formula is C24H30N2O3. The van der Waals surface area contributed by atoms with Gasteiger partial charge < -0.3 is 15.4 Å². The van der Waals surface area contributed by atoms with E-state index in [9.17, 15) is 9.59 Å². The van der Waals surface area contributed by atoms with Gasteiger partial charge in [-0.1, -0.05) is 30.3 Å². The lowest BCUT2D eigenvalue weighted by Crippen LogP contribution is -2.35. The molecule has 1 saturated carbocycles. The molecule has 2 N–H and O–H groups in total. The third-order valence-electron chi connectivity index (χ3n) is 5.98. The molecule has 29 heavy (non-hydrogen) atoms. The van der Waals surface area contributed by atoms with Crippen LogP contribution >= 0.6 is 0 Å². The van der Waals surface area contributed by atoms with Gasteiger partial charge >= 0.3 is 0 Å². The first-order valence-corrected chi connectivity index (χ1v) is 10.3. The lowest BCUT2D eigenvalue weighted by molar-refractivity contribution is -0.128. The summed E-state index contributed by atoms with van der Waals surface area (Å²) in [6.45, 7) is 4.52. The molecule has 2 aromatic rings. The molecule has 5 heteroatoms. The molecule has 0 bridgehead atoms. The Kier molecular flexibility index (Phi) is 6.91. The van der Waals surface area contributed by atoms with Crippen LogP contribution in [0.4, 0.5) is 5.69 Å². The maximum absolute atomic E-state index is 12.7. The Balaban J connectivity index is 1.48. The van der Waals surface area contributed by atoms with Crippen molar-refractivity contribution in [2.75, 3.05) is 12.4 Å². The standard InChI is InChI=1S/C24H30N2O3/c1-16-7-6-9-21(17(16)2)26-24(28)19-13-11-18(12-14-19)23(27)25-15-20-8-4-5-10-22(20)29-3/h4-10,18-19H,11-15H2,1-3H3,(H,25,27)(H,26,28). The minimum atomic E-state index is -0.0341. The van der Waals surface area contributed by atoms with Crippen LogP contribution in [0, 0.1) is 25.7 Å². The number of para-hydroxylation sites is 1. The number of carbonyl (C=O) groups excluding carboxylic acids is 2. The fourth-order valence-electron chi connectivity index (χ4n) is 3.91. The zero-order chi connectivity index (χ0) is 20.8. The molecule has 0 saturated heterocycles. The molecule has 1 fully saturated rings. The number of rotatable bonds is 6. The molecule has 0 spiro atoms. The number of amides is 2.